The molecule has 1 aromatic carbocycles. The van der Waals surface area contributed by atoms with Gasteiger partial charge in [-0.25, -0.2) is 0 Å². The Morgan fingerprint density at radius 1 is 1.32 bits per heavy atom. The first-order chi connectivity index (χ1) is 9.24. The van der Waals surface area contributed by atoms with Crippen LogP contribution in [-0.4, -0.2) is 31.1 Å². The Morgan fingerprint density at radius 3 is 2.53 bits per heavy atom. The summed E-state index contributed by atoms with van der Waals surface area (Å²) < 4.78 is 0. The van der Waals surface area contributed by atoms with Crippen LogP contribution in [0.25, 0.3) is 0 Å². The minimum absolute atomic E-state index is 0.630. The van der Waals surface area contributed by atoms with Crippen LogP contribution in [0.3, 0.4) is 0 Å². The van der Waals surface area contributed by atoms with E-state index in [4.69, 9.17) is 0 Å². The fraction of sp³-hybridized carbons (Fsp3) is 0.625. The first kappa shape index (κ1) is 14.7. The number of rotatable bonds is 8. The molecule has 1 aliphatic carbocycles. The van der Waals surface area contributed by atoms with Gasteiger partial charge in [-0.15, -0.1) is 0 Å². The molecule has 0 aromatic heterocycles. The molecule has 1 aliphatic rings. The van der Waals surface area contributed by atoms with Gasteiger partial charge in [-0.1, -0.05) is 19.1 Å². The zero-order chi connectivity index (χ0) is 13.7. The highest BCUT2D eigenvalue weighted by molar-refractivity contribution is 7.98. The molecule has 0 heterocycles. The number of thioether (sulfide) groups is 1. The van der Waals surface area contributed by atoms with Gasteiger partial charge in [-0.2, -0.15) is 11.8 Å². The number of nitrogens with one attached hydrogen (secondary N) is 1. The minimum Gasteiger partial charge on any atom is -0.371 e. The minimum atomic E-state index is 0.630. The van der Waals surface area contributed by atoms with Crippen molar-refractivity contribution < 1.29 is 0 Å². The normalized spacial score (nSPS) is 16.4. The lowest BCUT2D eigenvalue weighted by atomic mass is 10.1. The van der Waals surface area contributed by atoms with Crippen LogP contribution in [0.1, 0.15) is 31.7 Å². The Balaban J connectivity index is 1.91. The van der Waals surface area contributed by atoms with E-state index in [2.05, 4.69) is 54.7 Å². The van der Waals surface area contributed by atoms with Gasteiger partial charge in [0.2, 0.25) is 0 Å². The SMILES string of the molecule is CCC(CSC)N(C)c1ccc(CNC2CC2)cc1. The first-order valence-corrected chi connectivity index (χ1v) is 8.68. The molecule has 19 heavy (non-hydrogen) atoms. The van der Waals surface area contributed by atoms with E-state index in [9.17, 15) is 0 Å². The maximum absolute atomic E-state index is 3.56. The molecule has 2 nitrogen and oxygen atoms in total. The van der Waals surface area contributed by atoms with Gasteiger partial charge in [0.25, 0.3) is 0 Å². The van der Waals surface area contributed by atoms with Crippen LogP contribution in [0, 0.1) is 0 Å². The van der Waals surface area contributed by atoms with Gasteiger partial charge in [0.05, 0.1) is 0 Å². The van der Waals surface area contributed by atoms with Gasteiger partial charge in [0.1, 0.15) is 0 Å². The summed E-state index contributed by atoms with van der Waals surface area (Å²) >= 11 is 1.93. The summed E-state index contributed by atoms with van der Waals surface area (Å²) in [5, 5.41) is 3.56. The summed E-state index contributed by atoms with van der Waals surface area (Å²) in [6, 6.07) is 10.4. The van der Waals surface area contributed by atoms with E-state index in [1.54, 1.807) is 0 Å². The predicted molar refractivity (Wildman–Crippen MR) is 87.2 cm³/mol. The molecular formula is C16H26N2S. The maximum Gasteiger partial charge on any atom is 0.0374 e. The third-order valence-electron chi connectivity index (χ3n) is 3.89. The molecule has 0 spiro atoms. The average Bonchev–Trinajstić information content (AvgIpc) is 3.26. The molecule has 106 valence electrons. The Labute approximate surface area is 122 Å². The molecule has 0 saturated heterocycles. The van der Waals surface area contributed by atoms with Crippen molar-refractivity contribution in [3.05, 3.63) is 29.8 Å². The lowest BCUT2D eigenvalue weighted by Crippen LogP contribution is -2.33. The van der Waals surface area contributed by atoms with Crippen molar-refractivity contribution in [2.75, 3.05) is 24.0 Å². The van der Waals surface area contributed by atoms with Crippen molar-refractivity contribution in [1.82, 2.24) is 5.32 Å². The third kappa shape index (κ3) is 4.43. The van der Waals surface area contributed by atoms with Crippen LogP contribution in [0.15, 0.2) is 24.3 Å². The van der Waals surface area contributed by atoms with Crippen LogP contribution in [-0.2, 0) is 6.54 Å². The van der Waals surface area contributed by atoms with E-state index in [1.165, 1.54) is 36.3 Å². The second kappa shape index (κ2) is 7.20. The zero-order valence-corrected chi connectivity index (χ0v) is 13.2. The summed E-state index contributed by atoms with van der Waals surface area (Å²) in [6.45, 7) is 3.28. The third-order valence-corrected chi connectivity index (χ3v) is 4.61. The van der Waals surface area contributed by atoms with Crippen LogP contribution in [0.4, 0.5) is 5.69 Å². The van der Waals surface area contributed by atoms with E-state index in [-0.39, 0.29) is 0 Å². The highest BCUT2D eigenvalue weighted by atomic mass is 32.2. The lowest BCUT2D eigenvalue weighted by molar-refractivity contribution is 0.671. The summed E-state index contributed by atoms with van der Waals surface area (Å²) in [6.07, 6.45) is 6.09. The molecular weight excluding hydrogens is 252 g/mol. The van der Waals surface area contributed by atoms with Crippen molar-refractivity contribution >= 4 is 17.4 Å². The fourth-order valence-corrected chi connectivity index (χ4v) is 3.15. The molecule has 0 radical (unpaired) electrons. The van der Waals surface area contributed by atoms with Crippen LogP contribution >= 0.6 is 11.8 Å². The molecule has 0 amide bonds. The Morgan fingerprint density at radius 2 is 2.00 bits per heavy atom. The largest absolute Gasteiger partial charge is 0.371 e. The smallest absolute Gasteiger partial charge is 0.0374 e. The van der Waals surface area contributed by atoms with E-state index in [1.807, 2.05) is 11.8 Å². The molecule has 1 aromatic rings. The van der Waals surface area contributed by atoms with E-state index < -0.39 is 0 Å². The second-order valence-corrected chi connectivity index (χ2v) is 6.36. The van der Waals surface area contributed by atoms with Gasteiger partial charge in [0, 0.05) is 37.1 Å². The number of anilines is 1. The van der Waals surface area contributed by atoms with Crippen molar-refractivity contribution in [3.8, 4) is 0 Å². The number of benzene rings is 1. The highest BCUT2D eigenvalue weighted by Crippen LogP contribution is 2.21. The van der Waals surface area contributed by atoms with Gasteiger partial charge in [0.15, 0.2) is 0 Å². The quantitative estimate of drug-likeness (QED) is 0.783. The zero-order valence-electron chi connectivity index (χ0n) is 12.4. The van der Waals surface area contributed by atoms with E-state index in [0.717, 1.165) is 12.6 Å². The first-order valence-electron chi connectivity index (χ1n) is 7.28. The number of hydrogen-bond acceptors (Lipinski definition) is 3. The van der Waals surface area contributed by atoms with Gasteiger partial charge in [-0.3, -0.25) is 0 Å². The summed E-state index contributed by atoms with van der Waals surface area (Å²) in [5.41, 5.74) is 2.72. The molecule has 1 atom stereocenters. The molecule has 1 N–H and O–H groups in total. The van der Waals surface area contributed by atoms with E-state index in [0.29, 0.717) is 6.04 Å². The van der Waals surface area contributed by atoms with Crippen molar-refractivity contribution in [3.63, 3.8) is 0 Å². The molecule has 2 rings (SSSR count). The Hall–Kier alpha value is -0.670. The predicted octanol–water partition coefficient (Wildman–Crippen LogP) is 3.52. The highest BCUT2D eigenvalue weighted by Gasteiger charge is 2.19. The van der Waals surface area contributed by atoms with Crippen molar-refractivity contribution in [2.24, 2.45) is 0 Å². The van der Waals surface area contributed by atoms with Gasteiger partial charge >= 0.3 is 0 Å². The molecule has 0 bridgehead atoms. The van der Waals surface area contributed by atoms with Gasteiger partial charge in [-0.05, 0) is 43.2 Å². The topological polar surface area (TPSA) is 15.3 Å². The fourth-order valence-electron chi connectivity index (χ4n) is 2.31. The summed E-state index contributed by atoms with van der Waals surface area (Å²) in [5.74, 6) is 1.19. The standard InChI is InChI=1S/C16H26N2S/c1-4-15(12-19-3)18(2)16-9-5-13(6-10-16)11-17-14-7-8-14/h5-6,9-10,14-15,17H,4,7-8,11-12H2,1-3H3. The van der Waals surface area contributed by atoms with Gasteiger partial charge < -0.3 is 10.2 Å². The molecule has 0 aliphatic heterocycles. The Bertz CT molecular complexity index is 373. The van der Waals surface area contributed by atoms with Crippen LogP contribution in [0.5, 0.6) is 0 Å². The van der Waals surface area contributed by atoms with Crippen LogP contribution in [0.2, 0.25) is 0 Å². The maximum atomic E-state index is 3.56. The summed E-state index contributed by atoms with van der Waals surface area (Å²) in [7, 11) is 2.21. The average molecular weight is 278 g/mol. The lowest BCUT2D eigenvalue weighted by Gasteiger charge is -2.29. The molecule has 3 heteroatoms. The Kier molecular flexibility index (Phi) is 5.59. The molecule has 1 fully saturated rings. The monoisotopic (exact) mass is 278 g/mol. The van der Waals surface area contributed by atoms with Crippen LogP contribution < -0.4 is 10.2 Å². The molecule has 1 unspecified atom stereocenters. The van der Waals surface area contributed by atoms with E-state index >= 15 is 0 Å². The second-order valence-electron chi connectivity index (χ2n) is 5.45. The number of hydrogen-bond donors (Lipinski definition) is 1. The van der Waals surface area contributed by atoms with Crippen molar-refractivity contribution in [1.29, 1.82) is 0 Å². The summed E-state index contributed by atoms with van der Waals surface area (Å²) in [4.78, 5) is 2.41. The number of nitrogens with zero attached hydrogens (tertiary/aromatic N) is 1. The van der Waals surface area contributed by atoms with Crippen molar-refractivity contribution in [2.45, 2.75) is 44.8 Å². The molecule has 1 saturated carbocycles.